The fourth-order valence-corrected chi connectivity index (χ4v) is 4.87. The van der Waals surface area contributed by atoms with E-state index in [2.05, 4.69) is 4.90 Å². The monoisotopic (exact) mass is 540 g/mol. The molecule has 0 radical (unpaired) electrons. The molecule has 2 aromatic carbocycles. The molecule has 1 N–H and O–H groups in total. The highest BCUT2D eigenvalue weighted by molar-refractivity contribution is 6.46. The van der Waals surface area contributed by atoms with Crippen molar-refractivity contribution in [1.82, 2.24) is 9.80 Å². The highest BCUT2D eigenvalue weighted by Crippen LogP contribution is 2.45. The molecule has 39 heavy (non-hydrogen) atoms. The molecule has 210 valence electrons. The zero-order valence-electron chi connectivity index (χ0n) is 22.9. The third kappa shape index (κ3) is 5.97. The van der Waals surface area contributed by atoms with Gasteiger partial charge in [-0.25, -0.2) is 0 Å². The van der Waals surface area contributed by atoms with Gasteiger partial charge in [0.05, 0.1) is 52.8 Å². The second-order valence-electron chi connectivity index (χ2n) is 9.28. The molecule has 2 aromatic rings. The number of hydrogen-bond donors (Lipinski definition) is 1. The van der Waals surface area contributed by atoms with Crippen molar-refractivity contribution in [1.29, 1.82) is 0 Å². The van der Waals surface area contributed by atoms with E-state index in [9.17, 15) is 14.7 Å². The molecule has 2 heterocycles. The first kappa shape index (κ1) is 28.3. The van der Waals surface area contributed by atoms with Crippen LogP contribution in [0.1, 0.15) is 30.5 Å². The summed E-state index contributed by atoms with van der Waals surface area (Å²) in [7, 11) is 4.50. The van der Waals surface area contributed by atoms with Gasteiger partial charge in [-0.05, 0) is 48.4 Å². The summed E-state index contributed by atoms with van der Waals surface area (Å²) in [5.41, 5.74) is 0.955. The lowest BCUT2D eigenvalue weighted by Crippen LogP contribution is -2.42. The number of rotatable bonds is 11. The van der Waals surface area contributed by atoms with Crippen molar-refractivity contribution in [2.24, 2.45) is 0 Å². The average Bonchev–Trinajstić information content (AvgIpc) is 3.23. The standard InChI is InChI=1S/C29H36N2O8/c1-5-14-39-21-8-6-19(7-9-21)26(32)24-25(20-17-22(35-2)28(37-4)23(18-20)36-3)31(29(34)27(24)33)11-10-30-12-15-38-16-13-30/h6-9,17-18,25,32H,5,10-16H2,1-4H3/b26-24+. The summed E-state index contributed by atoms with van der Waals surface area (Å²) in [5, 5.41) is 11.4. The van der Waals surface area contributed by atoms with Crippen molar-refractivity contribution in [2.45, 2.75) is 19.4 Å². The van der Waals surface area contributed by atoms with Gasteiger partial charge < -0.3 is 33.7 Å². The maximum Gasteiger partial charge on any atom is 0.295 e. The molecule has 2 saturated heterocycles. The van der Waals surface area contributed by atoms with Crippen LogP contribution in [-0.2, 0) is 14.3 Å². The van der Waals surface area contributed by atoms with E-state index in [0.717, 1.165) is 19.5 Å². The van der Waals surface area contributed by atoms with Gasteiger partial charge in [0.1, 0.15) is 11.5 Å². The predicted octanol–water partition coefficient (Wildman–Crippen LogP) is 3.26. The normalized spacial score (nSPS) is 19.3. The Bertz CT molecular complexity index is 1180. The molecule has 0 spiro atoms. The van der Waals surface area contributed by atoms with Crippen LogP contribution in [0.25, 0.3) is 5.76 Å². The van der Waals surface area contributed by atoms with E-state index in [0.29, 0.717) is 60.5 Å². The summed E-state index contributed by atoms with van der Waals surface area (Å²) >= 11 is 0. The number of ketones is 1. The van der Waals surface area contributed by atoms with Crippen LogP contribution in [0, 0.1) is 0 Å². The minimum absolute atomic E-state index is 0.00141. The maximum atomic E-state index is 13.5. The Balaban J connectivity index is 1.79. The number of benzene rings is 2. The number of Topliss-reactive ketones (excluding diaryl/α,β-unsaturated/α-hetero) is 1. The van der Waals surface area contributed by atoms with Gasteiger partial charge in [-0.2, -0.15) is 0 Å². The van der Waals surface area contributed by atoms with Crippen molar-refractivity contribution in [3.8, 4) is 23.0 Å². The first-order chi connectivity index (χ1) is 18.9. The predicted molar refractivity (Wildman–Crippen MR) is 145 cm³/mol. The lowest BCUT2D eigenvalue weighted by atomic mass is 9.94. The number of aliphatic hydroxyl groups excluding tert-OH is 1. The Morgan fingerprint density at radius 1 is 0.974 bits per heavy atom. The second-order valence-corrected chi connectivity index (χ2v) is 9.28. The molecule has 10 heteroatoms. The number of ether oxygens (including phenoxy) is 5. The molecule has 2 aliphatic heterocycles. The summed E-state index contributed by atoms with van der Waals surface area (Å²) in [5.74, 6) is 0.109. The quantitative estimate of drug-likeness (QED) is 0.261. The topological polar surface area (TPSA) is 107 Å². The van der Waals surface area contributed by atoms with Crippen molar-refractivity contribution in [3.05, 3.63) is 53.1 Å². The van der Waals surface area contributed by atoms with E-state index < -0.39 is 17.7 Å². The third-order valence-corrected chi connectivity index (χ3v) is 6.90. The highest BCUT2D eigenvalue weighted by Gasteiger charge is 2.46. The second kappa shape index (κ2) is 12.9. The number of hydrogen-bond acceptors (Lipinski definition) is 9. The van der Waals surface area contributed by atoms with Crippen LogP contribution >= 0.6 is 0 Å². The van der Waals surface area contributed by atoms with Crippen LogP contribution in [0.3, 0.4) is 0 Å². The molecule has 1 atom stereocenters. The Morgan fingerprint density at radius 3 is 2.18 bits per heavy atom. The summed E-state index contributed by atoms with van der Waals surface area (Å²) in [6.45, 7) is 6.14. The minimum Gasteiger partial charge on any atom is -0.507 e. The molecule has 0 saturated carbocycles. The van der Waals surface area contributed by atoms with Gasteiger partial charge in [-0.15, -0.1) is 0 Å². The summed E-state index contributed by atoms with van der Waals surface area (Å²) in [6.07, 6.45) is 0.865. The van der Waals surface area contributed by atoms with E-state index in [1.807, 2.05) is 6.92 Å². The van der Waals surface area contributed by atoms with Gasteiger partial charge in [0.2, 0.25) is 5.75 Å². The fraction of sp³-hybridized carbons (Fsp3) is 0.448. The number of morpholine rings is 1. The van der Waals surface area contributed by atoms with Crippen molar-refractivity contribution >= 4 is 17.4 Å². The van der Waals surface area contributed by atoms with Crippen LogP contribution in [0.15, 0.2) is 42.0 Å². The van der Waals surface area contributed by atoms with Crippen LogP contribution in [-0.4, -0.2) is 93.9 Å². The highest BCUT2D eigenvalue weighted by atomic mass is 16.5. The number of methoxy groups -OCH3 is 3. The summed E-state index contributed by atoms with van der Waals surface area (Å²) < 4.78 is 27.6. The smallest absolute Gasteiger partial charge is 0.295 e. The average molecular weight is 541 g/mol. The first-order valence-electron chi connectivity index (χ1n) is 13.0. The zero-order valence-corrected chi connectivity index (χ0v) is 22.9. The molecule has 0 bridgehead atoms. The van der Waals surface area contributed by atoms with Gasteiger partial charge in [0, 0.05) is 31.7 Å². The molecule has 2 aliphatic rings. The number of carbonyl (C=O) groups excluding carboxylic acids is 2. The Morgan fingerprint density at radius 2 is 1.62 bits per heavy atom. The summed E-state index contributed by atoms with van der Waals surface area (Å²) in [6, 6.07) is 9.35. The Hall–Kier alpha value is -3.76. The number of amides is 1. The number of likely N-dealkylation sites (tertiary alicyclic amines) is 1. The Labute approximate surface area is 228 Å². The zero-order chi connectivity index (χ0) is 27.9. The SMILES string of the molecule is CCCOc1ccc(/C(O)=C2\C(=O)C(=O)N(CCN3CCOCC3)C2c2cc(OC)c(OC)c(OC)c2)cc1. The van der Waals surface area contributed by atoms with Gasteiger partial charge in [0.15, 0.2) is 11.5 Å². The maximum absolute atomic E-state index is 13.5. The molecule has 1 unspecified atom stereocenters. The largest absolute Gasteiger partial charge is 0.507 e. The van der Waals surface area contributed by atoms with Gasteiger partial charge in [-0.3, -0.25) is 14.5 Å². The molecule has 0 aromatic heterocycles. The van der Waals surface area contributed by atoms with E-state index in [-0.39, 0.29) is 17.9 Å². The van der Waals surface area contributed by atoms with E-state index >= 15 is 0 Å². The molecular formula is C29H36N2O8. The lowest BCUT2D eigenvalue weighted by Gasteiger charge is -2.31. The lowest BCUT2D eigenvalue weighted by molar-refractivity contribution is -0.140. The van der Waals surface area contributed by atoms with Gasteiger partial charge in [-0.1, -0.05) is 6.92 Å². The van der Waals surface area contributed by atoms with Crippen LogP contribution < -0.4 is 18.9 Å². The van der Waals surface area contributed by atoms with Crippen LogP contribution in [0.4, 0.5) is 0 Å². The van der Waals surface area contributed by atoms with Gasteiger partial charge in [0.25, 0.3) is 11.7 Å². The van der Waals surface area contributed by atoms with E-state index in [1.165, 1.54) is 26.2 Å². The molecular weight excluding hydrogens is 504 g/mol. The van der Waals surface area contributed by atoms with Crippen molar-refractivity contribution in [2.75, 3.05) is 67.3 Å². The van der Waals surface area contributed by atoms with E-state index in [4.69, 9.17) is 23.7 Å². The first-order valence-corrected chi connectivity index (χ1v) is 13.0. The van der Waals surface area contributed by atoms with Crippen molar-refractivity contribution < 1.29 is 38.4 Å². The number of aliphatic hydroxyl groups is 1. The van der Waals surface area contributed by atoms with Gasteiger partial charge >= 0.3 is 0 Å². The fourth-order valence-electron chi connectivity index (χ4n) is 4.87. The minimum atomic E-state index is -0.865. The van der Waals surface area contributed by atoms with Crippen LogP contribution in [0.5, 0.6) is 23.0 Å². The van der Waals surface area contributed by atoms with E-state index in [1.54, 1.807) is 36.4 Å². The Kier molecular flexibility index (Phi) is 9.32. The summed E-state index contributed by atoms with van der Waals surface area (Å²) in [4.78, 5) is 30.5. The molecule has 0 aliphatic carbocycles. The molecule has 2 fully saturated rings. The molecule has 1 amide bonds. The third-order valence-electron chi connectivity index (χ3n) is 6.90. The van der Waals surface area contributed by atoms with Crippen molar-refractivity contribution in [3.63, 3.8) is 0 Å². The number of carbonyl (C=O) groups is 2. The van der Waals surface area contributed by atoms with Crippen LogP contribution in [0.2, 0.25) is 0 Å². The molecule has 4 rings (SSSR count). The number of nitrogens with zero attached hydrogens (tertiary/aromatic N) is 2. The molecule has 10 nitrogen and oxygen atoms in total.